The second-order valence-corrected chi connectivity index (χ2v) is 7.60. The third-order valence-corrected chi connectivity index (χ3v) is 5.14. The van der Waals surface area contributed by atoms with Crippen LogP contribution >= 0.6 is 0 Å². The van der Waals surface area contributed by atoms with Gasteiger partial charge in [0.05, 0.1) is 16.8 Å². The van der Waals surface area contributed by atoms with E-state index in [1.54, 1.807) is 66.9 Å². The second-order valence-electron chi connectivity index (χ2n) is 5.92. The van der Waals surface area contributed by atoms with Crippen LogP contribution in [0.2, 0.25) is 0 Å². The molecular weight excluding hydrogens is 365 g/mol. The molecule has 0 spiro atoms. The molecule has 7 heteroatoms. The molecule has 0 aromatic heterocycles. The van der Waals surface area contributed by atoms with E-state index in [1.165, 1.54) is 12.1 Å². The Hall–Kier alpha value is -3.19. The van der Waals surface area contributed by atoms with Crippen LogP contribution in [0, 0.1) is 12.7 Å². The van der Waals surface area contributed by atoms with E-state index in [4.69, 9.17) is 0 Å². The van der Waals surface area contributed by atoms with E-state index in [1.807, 2.05) is 6.92 Å². The summed E-state index contributed by atoms with van der Waals surface area (Å²) in [5, 5.41) is 4.07. The summed E-state index contributed by atoms with van der Waals surface area (Å²) in [6, 6.07) is 19.3. The summed E-state index contributed by atoms with van der Waals surface area (Å²) in [7, 11) is -3.63. The van der Waals surface area contributed by atoms with Gasteiger partial charge in [-0.2, -0.15) is 5.10 Å². The van der Waals surface area contributed by atoms with E-state index >= 15 is 0 Å². The van der Waals surface area contributed by atoms with Crippen LogP contribution in [-0.4, -0.2) is 14.6 Å². The van der Waals surface area contributed by atoms with E-state index in [9.17, 15) is 12.8 Å². The number of hydrazone groups is 1. The Bertz CT molecular complexity index is 1030. The maximum Gasteiger partial charge on any atom is 0.261 e. The lowest BCUT2D eigenvalue weighted by Crippen LogP contribution is -2.12. The zero-order valence-electron chi connectivity index (χ0n) is 14.6. The Balaban J connectivity index is 1.63. The molecule has 138 valence electrons. The predicted octanol–water partition coefficient (Wildman–Crippen LogP) is 4.38. The highest BCUT2D eigenvalue weighted by Crippen LogP contribution is 2.18. The molecule has 0 amide bonds. The van der Waals surface area contributed by atoms with E-state index in [0.29, 0.717) is 11.4 Å². The van der Waals surface area contributed by atoms with Crippen LogP contribution in [0.3, 0.4) is 0 Å². The molecule has 0 heterocycles. The average Bonchev–Trinajstić information content (AvgIpc) is 2.65. The van der Waals surface area contributed by atoms with Gasteiger partial charge in [0.1, 0.15) is 5.82 Å². The van der Waals surface area contributed by atoms with E-state index in [-0.39, 0.29) is 10.7 Å². The number of hydrogen-bond acceptors (Lipinski definition) is 4. The summed E-state index contributed by atoms with van der Waals surface area (Å²) in [6.45, 7) is 1.90. The highest BCUT2D eigenvalue weighted by atomic mass is 32.2. The van der Waals surface area contributed by atoms with E-state index in [0.717, 1.165) is 11.1 Å². The van der Waals surface area contributed by atoms with Gasteiger partial charge in [-0.3, -0.25) is 10.1 Å². The van der Waals surface area contributed by atoms with Gasteiger partial charge in [-0.15, -0.1) is 0 Å². The molecule has 0 atom stereocenters. The van der Waals surface area contributed by atoms with Gasteiger partial charge in [0.2, 0.25) is 0 Å². The summed E-state index contributed by atoms with van der Waals surface area (Å²) < 4.78 is 40.1. The summed E-state index contributed by atoms with van der Waals surface area (Å²) >= 11 is 0. The monoisotopic (exact) mass is 383 g/mol. The number of halogens is 1. The first-order valence-electron chi connectivity index (χ1n) is 8.17. The van der Waals surface area contributed by atoms with Crippen molar-refractivity contribution < 1.29 is 12.8 Å². The minimum atomic E-state index is -3.63. The lowest BCUT2D eigenvalue weighted by atomic mass is 10.2. The van der Waals surface area contributed by atoms with Gasteiger partial charge in [0, 0.05) is 5.69 Å². The van der Waals surface area contributed by atoms with Crippen LogP contribution < -0.4 is 10.1 Å². The molecule has 27 heavy (non-hydrogen) atoms. The molecule has 2 N–H and O–H groups in total. The fourth-order valence-corrected chi connectivity index (χ4v) is 3.33. The molecule has 0 unspecified atom stereocenters. The Kier molecular flexibility index (Phi) is 5.52. The lowest BCUT2D eigenvalue weighted by Gasteiger charge is -2.09. The van der Waals surface area contributed by atoms with Crippen molar-refractivity contribution in [3.63, 3.8) is 0 Å². The molecule has 0 aliphatic carbocycles. The summed E-state index contributed by atoms with van der Waals surface area (Å²) in [4.78, 5) is 0.208. The number of aryl methyl sites for hydroxylation is 1. The number of hydrogen-bond donors (Lipinski definition) is 2. The van der Waals surface area contributed by atoms with E-state index < -0.39 is 10.0 Å². The fraction of sp³-hybridized carbons (Fsp3) is 0.0500. The molecule has 0 bridgehead atoms. The maximum absolute atomic E-state index is 12.8. The Labute approximate surface area is 157 Å². The number of sulfonamides is 1. The number of rotatable bonds is 6. The molecule has 0 saturated heterocycles. The van der Waals surface area contributed by atoms with Crippen molar-refractivity contribution in [2.45, 2.75) is 11.8 Å². The standard InChI is InChI=1S/C20H18FN3O2S/c1-15-2-12-20(13-3-15)27(25,26)24-19-10-8-18(9-11-19)23-22-14-16-4-6-17(21)7-5-16/h2-14,23-24H,1H3/b22-14+. The molecule has 0 fully saturated rings. The van der Waals surface area contributed by atoms with Gasteiger partial charge >= 0.3 is 0 Å². The van der Waals surface area contributed by atoms with E-state index in [2.05, 4.69) is 15.2 Å². The maximum atomic E-state index is 12.8. The molecular formula is C20H18FN3O2S. The van der Waals surface area contributed by atoms with Crippen LogP contribution in [0.15, 0.2) is 82.8 Å². The quantitative estimate of drug-likeness (QED) is 0.490. The predicted molar refractivity (Wildman–Crippen MR) is 106 cm³/mol. The highest BCUT2D eigenvalue weighted by molar-refractivity contribution is 7.92. The number of anilines is 2. The van der Waals surface area contributed by atoms with Gasteiger partial charge in [-0.05, 0) is 61.0 Å². The van der Waals surface area contributed by atoms with Crippen LogP contribution in [0.5, 0.6) is 0 Å². The van der Waals surface area contributed by atoms with Crippen molar-refractivity contribution in [3.8, 4) is 0 Å². The largest absolute Gasteiger partial charge is 0.280 e. The average molecular weight is 383 g/mol. The van der Waals surface area contributed by atoms with Crippen LogP contribution in [0.1, 0.15) is 11.1 Å². The molecule has 3 rings (SSSR count). The summed E-state index contributed by atoms with van der Waals surface area (Å²) in [5.74, 6) is -0.302. The first kappa shape index (κ1) is 18.6. The van der Waals surface area contributed by atoms with Crippen molar-refractivity contribution >= 4 is 27.6 Å². The van der Waals surface area contributed by atoms with Gasteiger partial charge < -0.3 is 0 Å². The number of nitrogens with zero attached hydrogens (tertiary/aromatic N) is 1. The molecule has 0 aliphatic rings. The van der Waals surface area contributed by atoms with Crippen LogP contribution in [0.4, 0.5) is 15.8 Å². The smallest absolute Gasteiger partial charge is 0.261 e. The SMILES string of the molecule is Cc1ccc(S(=O)(=O)Nc2ccc(N/N=C/c3ccc(F)cc3)cc2)cc1. The Morgan fingerprint density at radius 3 is 2.07 bits per heavy atom. The summed E-state index contributed by atoms with van der Waals surface area (Å²) in [6.07, 6.45) is 1.56. The molecule has 3 aromatic rings. The van der Waals surface area contributed by atoms with Crippen LogP contribution in [0.25, 0.3) is 0 Å². The van der Waals surface area contributed by atoms with Gasteiger partial charge in [0.15, 0.2) is 0 Å². The highest BCUT2D eigenvalue weighted by Gasteiger charge is 2.13. The summed E-state index contributed by atoms with van der Waals surface area (Å²) in [5.41, 5.74) is 5.72. The van der Waals surface area contributed by atoms with Crippen molar-refractivity contribution in [1.29, 1.82) is 0 Å². The molecule has 5 nitrogen and oxygen atoms in total. The zero-order chi connectivity index (χ0) is 19.3. The van der Waals surface area contributed by atoms with Gasteiger partial charge in [-0.1, -0.05) is 29.8 Å². The third kappa shape index (κ3) is 5.15. The molecule has 0 saturated carbocycles. The molecule has 0 aliphatic heterocycles. The Morgan fingerprint density at radius 2 is 1.44 bits per heavy atom. The second kappa shape index (κ2) is 8.01. The number of nitrogens with one attached hydrogen (secondary N) is 2. The third-order valence-electron chi connectivity index (χ3n) is 3.75. The normalized spacial score (nSPS) is 11.5. The van der Waals surface area contributed by atoms with Crippen molar-refractivity contribution in [2.24, 2.45) is 5.10 Å². The van der Waals surface area contributed by atoms with Gasteiger partial charge in [0.25, 0.3) is 10.0 Å². The minimum Gasteiger partial charge on any atom is -0.280 e. The first-order valence-corrected chi connectivity index (χ1v) is 9.65. The van der Waals surface area contributed by atoms with Crippen LogP contribution in [-0.2, 0) is 10.0 Å². The first-order chi connectivity index (χ1) is 12.9. The van der Waals surface area contributed by atoms with Crippen molar-refractivity contribution in [2.75, 3.05) is 10.1 Å². The Morgan fingerprint density at radius 1 is 0.852 bits per heavy atom. The number of benzene rings is 3. The zero-order valence-corrected chi connectivity index (χ0v) is 15.4. The topological polar surface area (TPSA) is 70.6 Å². The minimum absolute atomic E-state index is 0.208. The van der Waals surface area contributed by atoms with Crippen molar-refractivity contribution in [3.05, 3.63) is 89.7 Å². The fourth-order valence-electron chi connectivity index (χ4n) is 2.27. The molecule has 0 radical (unpaired) electrons. The molecule has 3 aromatic carbocycles. The van der Waals surface area contributed by atoms with Crippen molar-refractivity contribution in [1.82, 2.24) is 0 Å². The lowest BCUT2D eigenvalue weighted by molar-refractivity contribution is 0.601. The van der Waals surface area contributed by atoms with Gasteiger partial charge in [-0.25, -0.2) is 12.8 Å².